The van der Waals surface area contributed by atoms with Crippen molar-refractivity contribution in [3.8, 4) is 0 Å². The maximum atomic E-state index is 13.0. The summed E-state index contributed by atoms with van der Waals surface area (Å²) < 4.78 is 20.7. The van der Waals surface area contributed by atoms with Gasteiger partial charge in [-0.1, -0.05) is 0 Å². The number of nitro groups is 2. The minimum absolute atomic E-state index is 0.0978. The normalized spacial score (nSPS) is 19.7. The fraction of sp³-hybridized carbons (Fsp3) is 0.571. The van der Waals surface area contributed by atoms with E-state index in [0.717, 1.165) is 17.0 Å². The molecule has 35 heavy (non-hydrogen) atoms. The van der Waals surface area contributed by atoms with Crippen LogP contribution in [0.15, 0.2) is 18.2 Å². The standard InChI is InChI=1S/C21H27N3O11/c1-21(2,3)35-20(27)22-16(8-13(10-32-4)17(22)19(26)33-5)11-34-18(25)12-6-14(23(28)29)9-15(7-12)24(30)31/h6-7,9,13,16-17H,8,10-11H2,1-5H3/t13-,16+,17+/m0/s1. The molecule has 1 heterocycles. The lowest BCUT2D eigenvalue weighted by Gasteiger charge is -2.32. The molecule has 1 saturated heterocycles. The summed E-state index contributed by atoms with van der Waals surface area (Å²) in [5.41, 5.74) is -2.62. The van der Waals surface area contributed by atoms with Crippen molar-refractivity contribution in [2.45, 2.75) is 44.9 Å². The molecular formula is C21H27N3O11. The van der Waals surface area contributed by atoms with Crippen molar-refractivity contribution in [2.75, 3.05) is 27.4 Å². The molecule has 3 atom stereocenters. The van der Waals surface area contributed by atoms with Gasteiger partial charge >= 0.3 is 18.0 Å². The van der Waals surface area contributed by atoms with Gasteiger partial charge in [-0.2, -0.15) is 0 Å². The van der Waals surface area contributed by atoms with Crippen LogP contribution in [0.25, 0.3) is 0 Å². The highest BCUT2D eigenvalue weighted by molar-refractivity contribution is 5.91. The van der Waals surface area contributed by atoms with Crippen LogP contribution < -0.4 is 0 Å². The molecule has 1 aromatic carbocycles. The van der Waals surface area contributed by atoms with Crippen LogP contribution in [0.3, 0.4) is 0 Å². The molecule has 2 rings (SSSR count). The summed E-state index contributed by atoms with van der Waals surface area (Å²) in [6.45, 7) is 4.61. The molecule has 0 aromatic heterocycles. The van der Waals surface area contributed by atoms with Gasteiger partial charge in [-0.15, -0.1) is 0 Å². The smallest absolute Gasteiger partial charge is 0.411 e. The average Bonchev–Trinajstić information content (AvgIpc) is 3.13. The molecule has 1 fully saturated rings. The Morgan fingerprint density at radius 2 is 1.60 bits per heavy atom. The van der Waals surface area contributed by atoms with Crippen molar-refractivity contribution in [1.82, 2.24) is 4.90 Å². The number of benzene rings is 1. The summed E-state index contributed by atoms with van der Waals surface area (Å²) in [4.78, 5) is 59.7. The predicted octanol–water partition coefficient (Wildman–Crippen LogP) is 2.47. The van der Waals surface area contributed by atoms with Gasteiger partial charge in [-0.05, 0) is 27.2 Å². The van der Waals surface area contributed by atoms with E-state index in [1.165, 1.54) is 14.2 Å². The summed E-state index contributed by atoms with van der Waals surface area (Å²) in [6, 6.07) is 0.513. The van der Waals surface area contributed by atoms with E-state index in [0.29, 0.717) is 6.07 Å². The molecular weight excluding hydrogens is 470 g/mol. The second-order valence-electron chi connectivity index (χ2n) is 8.81. The first-order chi connectivity index (χ1) is 16.3. The number of rotatable bonds is 8. The predicted molar refractivity (Wildman–Crippen MR) is 118 cm³/mol. The van der Waals surface area contributed by atoms with Gasteiger partial charge in [-0.3, -0.25) is 25.1 Å². The summed E-state index contributed by atoms with van der Waals surface area (Å²) in [5.74, 6) is -2.28. The Morgan fingerprint density at radius 1 is 1.03 bits per heavy atom. The third-order valence-corrected chi connectivity index (χ3v) is 5.11. The third kappa shape index (κ3) is 6.85. The molecule has 0 radical (unpaired) electrons. The van der Waals surface area contributed by atoms with Crippen molar-refractivity contribution >= 4 is 29.4 Å². The fourth-order valence-corrected chi connectivity index (χ4v) is 3.75. The van der Waals surface area contributed by atoms with Crippen LogP contribution in [-0.4, -0.2) is 77.9 Å². The number of nitrogens with zero attached hydrogens (tertiary/aromatic N) is 3. The van der Waals surface area contributed by atoms with E-state index in [4.69, 9.17) is 18.9 Å². The number of amides is 1. The second kappa shape index (κ2) is 11.1. The van der Waals surface area contributed by atoms with Gasteiger partial charge in [0.25, 0.3) is 11.4 Å². The topological polar surface area (TPSA) is 178 Å². The van der Waals surface area contributed by atoms with Gasteiger partial charge < -0.3 is 18.9 Å². The molecule has 0 bridgehead atoms. The Morgan fingerprint density at radius 3 is 2.06 bits per heavy atom. The number of esters is 2. The van der Waals surface area contributed by atoms with Crippen molar-refractivity contribution in [1.29, 1.82) is 0 Å². The van der Waals surface area contributed by atoms with Gasteiger partial charge in [-0.25, -0.2) is 14.4 Å². The minimum atomic E-state index is -1.08. The molecule has 1 aliphatic heterocycles. The van der Waals surface area contributed by atoms with Crippen LogP contribution in [0.5, 0.6) is 0 Å². The number of methoxy groups -OCH3 is 2. The molecule has 0 spiro atoms. The number of carbonyl (C=O) groups excluding carboxylic acids is 3. The van der Waals surface area contributed by atoms with E-state index in [-0.39, 0.29) is 13.0 Å². The van der Waals surface area contributed by atoms with Crippen LogP contribution in [0.4, 0.5) is 16.2 Å². The molecule has 1 amide bonds. The maximum Gasteiger partial charge on any atom is 0.411 e. The second-order valence-corrected chi connectivity index (χ2v) is 8.81. The highest BCUT2D eigenvalue weighted by Crippen LogP contribution is 2.33. The van der Waals surface area contributed by atoms with Crippen LogP contribution in [0, 0.1) is 26.1 Å². The molecule has 1 aliphatic rings. The van der Waals surface area contributed by atoms with Crippen molar-refractivity contribution in [2.24, 2.45) is 5.92 Å². The Labute approximate surface area is 200 Å². The summed E-state index contributed by atoms with van der Waals surface area (Å²) in [5, 5.41) is 22.2. The van der Waals surface area contributed by atoms with E-state index in [2.05, 4.69) is 0 Å². The van der Waals surface area contributed by atoms with Crippen molar-refractivity contribution in [3.63, 3.8) is 0 Å². The summed E-state index contributed by atoms with van der Waals surface area (Å²) in [6.07, 6.45) is -0.645. The van der Waals surface area contributed by atoms with E-state index in [1.807, 2.05) is 0 Å². The monoisotopic (exact) mass is 497 g/mol. The number of non-ortho nitro benzene ring substituents is 2. The highest BCUT2D eigenvalue weighted by atomic mass is 16.6. The zero-order valence-electron chi connectivity index (χ0n) is 19.9. The number of carbonyl (C=O) groups is 3. The number of hydrogen-bond donors (Lipinski definition) is 0. The van der Waals surface area contributed by atoms with E-state index in [9.17, 15) is 34.6 Å². The van der Waals surface area contributed by atoms with Gasteiger partial charge in [0, 0.05) is 25.2 Å². The largest absolute Gasteiger partial charge is 0.467 e. The van der Waals surface area contributed by atoms with Crippen molar-refractivity contribution < 1.29 is 43.2 Å². The molecule has 0 saturated carbocycles. The minimum Gasteiger partial charge on any atom is -0.467 e. The molecule has 192 valence electrons. The van der Waals surface area contributed by atoms with Gasteiger partial charge in [0.15, 0.2) is 0 Å². The Hall–Kier alpha value is -3.81. The lowest BCUT2D eigenvalue weighted by molar-refractivity contribution is -0.394. The number of ether oxygens (including phenoxy) is 4. The van der Waals surface area contributed by atoms with E-state index < -0.39 is 75.0 Å². The van der Waals surface area contributed by atoms with Crippen LogP contribution in [-0.2, 0) is 23.7 Å². The quantitative estimate of drug-likeness (QED) is 0.223. The lowest BCUT2D eigenvalue weighted by atomic mass is 10.00. The Kier molecular flexibility index (Phi) is 8.68. The lowest BCUT2D eigenvalue weighted by Crippen LogP contribution is -2.50. The number of nitro benzene ring substituents is 2. The first-order valence-corrected chi connectivity index (χ1v) is 10.5. The number of likely N-dealkylation sites (tertiary alicyclic amines) is 1. The first kappa shape index (κ1) is 27.4. The number of hydrogen-bond acceptors (Lipinski definition) is 11. The van der Waals surface area contributed by atoms with Crippen LogP contribution in [0.1, 0.15) is 37.6 Å². The van der Waals surface area contributed by atoms with E-state index >= 15 is 0 Å². The Balaban J connectivity index is 2.32. The molecule has 0 aliphatic carbocycles. The zero-order valence-corrected chi connectivity index (χ0v) is 19.9. The van der Waals surface area contributed by atoms with E-state index in [1.54, 1.807) is 20.8 Å². The Bertz CT molecular complexity index is 972. The fourth-order valence-electron chi connectivity index (χ4n) is 3.75. The molecule has 0 unspecified atom stereocenters. The third-order valence-electron chi connectivity index (χ3n) is 5.11. The van der Waals surface area contributed by atoms with Crippen molar-refractivity contribution in [3.05, 3.63) is 44.0 Å². The van der Waals surface area contributed by atoms with Gasteiger partial charge in [0.1, 0.15) is 18.2 Å². The molecule has 14 nitrogen and oxygen atoms in total. The molecule has 0 N–H and O–H groups in total. The van der Waals surface area contributed by atoms with Crippen LogP contribution >= 0.6 is 0 Å². The highest BCUT2D eigenvalue weighted by Gasteiger charge is 2.50. The first-order valence-electron chi connectivity index (χ1n) is 10.5. The van der Waals surface area contributed by atoms with Gasteiger partial charge in [0.05, 0.1) is 41.2 Å². The van der Waals surface area contributed by atoms with Crippen LogP contribution in [0.2, 0.25) is 0 Å². The summed E-state index contributed by atoms with van der Waals surface area (Å²) in [7, 11) is 2.59. The van der Waals surface area contributed by atoms with Gasteiger partial charge in [0.2, 0.25) is 0 Å². The average molecular weight is 497 g/mol. The maximum absolute atomic E-state index is 13.0. The molecule has 1 aromatic rings. The zero-order chi connectivity index (χ0) is 26.5. The SMILES string of the molecule is COC[C@@H]1C[C@H](COC(=O)c2cc([N+](=O)[O-])cc([N+](=O)[O-])c2)N(C(=O)OC(C)(C)C)[C@H]1C(=O)OC. The molecule has 14 heteroatoms. The summed E-state index contributed by atoms with van der Waals surface area (Å²) >= 11 is 0.